The van der Waals surface area contributed by atoms with Crippen molar-refractivity contribution in [1.29, 1.82) is 0 Å². The molecular weight excluding hydrogens is 326 g/mol. The van der Waals surface area contributed by atoms with Crippen molar-refractivity contribution in [3.05, 3.63) is 33.9 Å². The molecule has 1 aliphatic rings. The lowest BCUT2D eigenvalue weighted by molar-refractivity contribution is -0.384. The molecular formula is C14H18BrNO4. The predicted octanol–water partition coefficient (Wildman–Crippen LogP) is 3.47. The average Bonchev–Trinajstić information content (AvgIpc) is 2.47. The number of nitrogens with zero attached hydrogens (tertiary/aromatic N) is 1. The van der Waals surface area contributed by atoms with Crippen molar-refractivity contribution in [3.63, 3.8) is 0 Å². The molecule has 110 valence electrons. The van der Waals surface area contributed by atoms with Gasteiger partial charge in [0.2, 0.25) is 0 Å². The Morgan fingerprint density at radius 1 is 1.45 bits per heavy atom. The number of halogens is 1. The van der Waals surface area contributed by atoms with Crippen LogP contribution in [0.4, 0.5) is 5.69 Å². The molecule has 0 amide bonds. The van der Waals surface area contributed by atoms with Gasteiger partial charge in [0.15, 0.2) is 0 Å². The van der Waals surface area contributed by atoms with E-state index in [1.54, 1.807) is 12.1 Å². The van der Waals surface area contributed by atoms with Crippen LogP contribution in [0, 0.1) is 22.5 Å². The van der Waals surface area contributed by atoms with E-state index >= 15 is 0 Å². The van der Waals surface area contributed by atoms with Gasteiger partial charge >= 0.3 is 0 Å². The first-order chi connectivity index (χ1) is 9.56. The molecule has 1 aliphatic heterocycles. The van der Waals surface area contributed by atoms with Crippen molar-refractivity contribution in [3.8, 4) is 5.75 Å². The van der Waals surface area contributed by atoms with Crippen molar-refractivity contribution < 1.29 is 14.4 Å². The molecule has 0 aliphatic carbocycles. The zero-order valence-corrected chi connectivity index (χ0v) is 13.0. The number of benzene rings is 1. The molecule has 0 bridgehead atoms. The van der Waals surface area contributed by atoms with Gasteiger partial charge in [0.25, 0.3) is 5.69 Å². The average molecular weight is 344 g/mol. The van der Waals surface area contributed by atoms with E-state index in [2.05, 4.69) is 15.9 Å². The number of hydrogen-bond acceptors (Lipinski definition) is 4. The second-order valence-electron chi connectivity index (χ2n) is 5.24. The van der Waals surface area contributed by atoms with Gasteiger partial charge in [0, 0.05) is 36.1 Å². The van der Waals surface area contributed by atoms with Crippen LogP contribution in [0.2, 0.25) is 0 Å². The summed E-state index contributed by atoms with van der Waals surface area (Å²) in [6, 6.07) is 4.70. The van der Waals surface area contributed by atoms with Gasteiger partial charge < -0.3 is 9.47 Å². The molecule has 0 spiro atoms. The van der Waals surface area contributed by atoms with E-state index in [0.717, 1.165) is 36.9 Å². The first-order valence-corrected chi connectivity index (χ1v) is 7.70. The van der Waals surface area contributed by atoms with E-state index in [0.29, 0.717) is 12.4 Å². The molecule has 1 saturated heterocycles. The van der Waals surface area contributed by atoms with E-state index in [9.17, 15) is 10.1 Å². The smallest absolute Gasteiger partial charge is 0.269 e. The molecule has 1 aromatic carbocycles. The summed E-state index contributed by atoms with van der Waals surface area (Å²) in [5.74, 6) is 0.711. The molecule has 0 N–H and O–H groups in total. The predicted molar refractivity (Wildman–Crippen MR) is 79.6 cm³/mol. The normalized spacial score (nSPS) is 17.7. The highest BCUT2D eigenvalue weighted by atomic mass is 79.9. The van der Waals surface area contributed by atoms with Crippen LogP contribution in [0.15, 0.2) is 18.2 Å². The van der Waals surface area contributed by atoms with Crippen LogP contribution in [0.3, 0.4) is 0 Å². The molecule has 6 heteroatoms. The Morgan fingerprint density at radius 3 is 2.70 bits per heavy atom. The third-order valence-electron chi connectivity index (χ3n) is 3.74. The fourth-order valence-corrected chi connectivity index (χ4v) is 2.98. The van der Waals surface area contributed by atoms with Crippen LogP contribution in [0.25, 0.3) is 0 Å². The first kappa shape index (κ1) is 15.3. The van der Waals surface area contributed by atoms with Crippen molar-refractivity contribution in [2.45, 2.75) is 19.8 Å². The summed E-state index contributed by atoms with van der Waals surface area (Å²) >= 11 is 3.57. The number of rotatable bonds is 5. The fraction of sp³-hybridized carbons (Fsp3) is 0.571. The quantitative estimate of drug-likeness (QED) is 0.466. The SMILES string of the molecule is Cc1cc([N+](=O)[O-])ccc1OCC1(CBr)CCOCC1. The van der Waals surface area contributed by atoms with Crippen LogP contribution < -0.4 is 4.74 Å². The molecule has 2 rings (SSSR count). The van der Waals surface area contributed by atoms with Gasteiger partial charge in [-0.05, 0) is 31.4 Å². The maximum atomic E-state index is 10.7. The van der Waals surface area contributed by atoms with Crippen molar-refractivity contribution >= 4 is 21.6 Å². The number of hydrogen-bond donors (Lipinski definition) is 0. The third kappa shape index (κ3) is 3.49. The number of ether oxygens (including phenoxy) is 2. The standard InChI is InChI=1S/C14H18BrNO4/c1-11-8-12(16(17)18)2-3-13(11)20-10-14(9-15)4-6-19-7-5-14/h2-3,8H,4-7,9-10H2,1H3. The minimum Gasteiger partial charge on any atom is -0.493 e. The maximum Gasteiger partial charge on any atom is 0.269 e. The Labute approximate surface area is 126 Å². The Kier molecular flexibility index (Phi) is 4.99. The first-order valence-electron chi connectivity index (χ1n) is 6.58. The zero-order chi connectivity index (χ0) is 14.6. The lowest BCUT2D eigenvalue weighted by Crippen LogP contribution is -2.36. The van der Waals surface area contributed by atoms with E-state index in [4.69, 9.17) is 9.47 Å². The fourth-order valence-electron chi connectivity index (χ4n) is 2.26. The Balaban J connectivity index is 2.04. The molecule has 0 atom stereocenters. The van der Waals surface area contributed by atoms with Gasteiger partial charge in [-0.25, -0.2) is 0 Å². The van der Waals surface area contributed by atoms with Crippen LogP contribution in [0.1, 0.15) is 18.4 Å². The molecule has 20 heavy (non-hydrogen) atoms. The summed E-state index contributed by atoms with van der Waals surface area (Å²) in [7, 11) is 0. The van der Waals surface area contributed by atoms with Gasteiger partial charge in [-0.15, -0.1) is 0 Å². The topological polar surface area (TPSA) is 61.6 Å². The summed E-state index contributed by atoms with van der Waals surface area (Å²) in [5, 5.41) is 11.6. The molecule has 1 aromatic rings. The second kappa shape index (κ2) is 6.54. The van der Waals surface area contributed by atoms with E-state index in [-0.39, 0.29) is 11.1 Å². The van der Waals surface area contributed by atoms with E-state index < -0.39 is 4.92 Å². The van der Waals surface area contributed by atoms with Gasteiger partial charge in [0.1, 0.15) is 5.75 Å². The van der Waals surface area contributed by atoms with Gasteiger partial charge in [-0.2, -0.15) is 0 Å². The zero-order valence-electron chi connectivity index (χ0n) is 11.4. The molecule has 1 fully saturated rings. The summed E-state index contributed by atoms with van der Waals surface area (Å²) in [6.07, 6.45) is 1.93. The minimum atomic E-state index is -0.394. The Bertz CT molecular complexity index is 486. The molecule has 0 aromatic heterocycles. The van der Waals surface area contributed by atoms with Crippen molar-refractivity contribution in [2.24, 2.45) is 5.41 Å². The number of non-ortho nitro benzene ring substituents is 1. The molecule has 0 unspecified atom stereocenters. The second-order valence-corrected chi connectivity index (χ2v) is 5.80. The minimum absolute atomic E-state index is 0.0897. The highest BCUT2D eigenvalue weighted by molar-refractivity contribution is 9.09. The van der Waals surface area contributed by atoms with Gasteiger partial charge in [0.05, 0.1) is 11.5 Å². The van der Waals surface area contributed by atoms with Crippen LogP contribution in [0.5, 0.6) is 5.75 Å². The number of alkyl halides is 1. The summed E-state index contributed by atoms with van der Waals surface area (Å²) in [5.41, 5.74) is 0.971. The van der Waals surface area contributed by atoms with Gasteiger partial charge in [-0.1, -0.05) is 15.9 Å². The Hall–Kier alpha value is -1.14. The largest absolute Gasteiger partial charge is 0.493 e. The summed E-state index contributed by atoms with van der Waals surface area (Å²) < 4.78 is 11.3. The van der Waals surface area contributed by atoms with Crippen molar-refractivity contribution in [1.82, 2.24) is 0 Å². The molecule has 0 radical (unpaired) electrons. The van der Waals surface area contributed by atoms with Gasteiger partial charge in [-0.3, -0.25) is 10.1 Å². The van der Waals surface area contributed by atoms with E-state index in [1.165, 1.54) is 6.07 Å². The Morgan fingerprint density at radius 2 is 2.15 bits per heavy atom. The molecule has 5 nitrogen and oxygen atoms in total. The highest BCUT2D eigenvalue weighted by Gasteiger charge is 2.32. The highest BCUT2D eigenvalue weighted by Crippen LogP contribution is 2.34. The number of nitro benzene ring substituents is 1. The third-order valence-corrected chi connectivity index (χ3v) is 4.93. The van der Waals surface area contributed by atoms with E-state index in [1.807, 2.05) is 6.92 Å². The maximum absolute atomic E-state index is 10.7. The molecule has 1 heterocycles. The van der Waals surface area contributed by atoms with Crippen LogP contribution in [-0.4, -0.2) is 30.1 Å². The lowest BCUT2D eigenvalue weighted by atomic mass is 9.83. The van der Waals surface area contributed by atoms with Crippen molar-refractivity contribution in [2.75, 3.05) is 25.2 Å². The van der Waals surface area contributed by atoms with Crippen LogP contribution in [-0.2, 0) is 4.74 Å². The summed E-state index contributed by atoms with van der Waals surface area (Å²) in [6.45, 7) is 3.94. The molecule has 0 saturated carbocycles. The number of aryl methyl sites for hydroxylation is 1. The number of nitro groups is 1. The summed E-state index contributed by atoms with van der Waals surface area (Å²) in [4.78, 5) is 10.3. The van der Waals surface area contributed by atoms with Crippen LogP contribution >= 0.6 is 15.9 Å². The lowest BCUT2D eigenvalue weighted by Gasteiger charge is -2.35. The monoisotopic (exact) mass is 343 g/mol.